The highest BCUT2D eigenvalue weighted by Crippen LogP contribution is 2.46. The number of hydrogen-bond donors (Lipinski definition) is 1. The van der Waals surface area contributed by atoms with Gasteiger partial charge in [0.1, 0.15) is 0 Å². The Hall–Kier alpha value is -2.04. The molecule has 1 aromatic heterocycles. The molecule has 3 heterocycles. The van der Waals surface area contributed by atoms with Crippen LogP contribution in [0.15, 0.2) is 53.4 Å². The highest BCUT2D eigenvalue weighted by molar-refractivity contribution is 7.89. The van der Waals surface area contributed by atoms with Gasteiger partial charge in [-0.2, -0.15) is 4.31 Å². The Kier molecular flexibility index (Phi) is 6.89. The van der Waals surface area contributed by atoms with E-state index in [1.807, 2.05) is 32.0 Å². The fraction of sp³-hybridized carbons (Fsp3) is 0.462. The Balaban J connectivity index is 1.21. The highest BCUT2D eigenvalue weighted by Gasteiger charge is 2.49. The van der Waals surface area contributed by atoms with Crippen LogP contribution in [0, 0.1) is 5.41 Å². The van der Waals surface area contributed by atoms with Crippen LogP contribution in [0.1, 0.15) is 39.5 Å². The summed E-state index contributed by atoms with van der Waals surface area (Å²) < 4.78 is 29.8. The van der Waals surface area contributed by atoms with E-state index < -0.39 is 15.6 Å². The number of carbonyl (C=O) groups is 1. The number of likely N-dealkylation sites (tertiary alicyclic amines) is 1. The van der Waals surface area contributed by atoms with E-state index in [0.29, 0.717) is 28.1 Å². The summed E-state index contributed by atoms with van der Waals surface area (Å²) in [6, 6.07) is 14.2. The summed E-state index contributed by atoms with van der Waals surface area (Å²) in [6.07, 6.45) is 3.56. The van der Waals surface area contributed by atoms with E-state index >= 15 is 0 Å². The fourth-order valence-corrected chi connectivity index (χ4v) is 8.43. The smallest absolute Gasteiger partial charge is 0.243 e. The summed E-state index contributed by atoms with van der Waals surface area (Å²) in [5.41, 5.74) is 0.324. The molecule has 0 atom stereocenters. The first-order valence-corrected chi connectivity index (χ1v) is 14.9. The molecule has 2 saturated heterocycles. The molecule has 2 fully saturated rings. The summed E-state index contributed by atoms with van der Waals surface area (Å²) in [7, 11) is -3.58. The van der Waals surface area contributed by atoms with E-state index in [1.165, 1.54) is 11.3 Å². The minimum absolute atomic E-state index is 0.0589. The largest absolute Gasteiger partial charge is 0.301 e. The van der Waals surface area contributed by atoms with Gasteiger partial charge in [-0.05, 0) is 88.4 Å². The van der Waals surface area contributed by atoms with Crippen molar-refractivity contribution < 1.29 is 13.2 Å². The van der Waals surface area contributed by atoms with E-state index in [2.05, 4.69) is 15.2 Å². The summed E-state index contributed by atoms with van der Waals surface area (Å²) in [4.78, 5) is 19.7. The number of hydrogen-bond acceptors (Lipinski definition) is 6. The number of benzene rings is 2. The lowest BCUT2D eigenvalue weighted by Crippen LogP contribution is -2.59. The lowest BCUT2D eigenvalue weighted by Gasteiger charge is -2.53. The summed E-state index contributed by atoms with van der Waals surface area (Å²) in [5, 5.41) is 4.14. The molecule has 10 heteroatoms. The number of nitrogens with one attached hydrogen (secondary N) is 1. The second-order valence-electron chi connectivity index (χ2n) is 10.6. The quantitative estimate of drug-likeness (QED) is 0.473. The van der Waals surface area contributed by atoms with Crippen molar-refractivity contribution in [3.05, 3.63) is 53.6 Å². The minimum Gasteiger partial charge on any atom is -0.301 e. The zero-order chi connectivity index (χ0) is 25.6. The Morgan fingerprint density at radius 1 is 1.08 bits per heavy atom. The maximum absolute atomic E-state index is 13.5. The van der Waals surface area contributed by atoms with Crippen LogP contribution in [-0.4, -0.2) is 60.2 Å². The molecular formula is C26H31ClN4O3S2. The number of carbonyl (C=O) groups excluding carboxylic acids is 1. The Morgan fingerprint density at radius 3 is 2.53 bits per heavy atom. The predicted molar refractivity (Wildman–Crippen MR) is 145 cm³/mol. The maximum atomic E-state index is 13.5. The molecule has 0 bridgehead atoms. The van der Waals surface area contributed by atoms with Crippen LogP contribution < -0.4 is 5.32 Å². The van der Waals surface area contributed by atoms with Crippen LogP contribution in [0.4, 0.5) is 5.13 Å². The first-order valence-electron chi connectivity index (χ1n) is 12.2. The standard InChI is InChI=1S/C26H31ClN4O3S2/c1-25(2)10-11-26(18-31(25)36(33,34)20-6-4-3-5-7-20)12-14-30(15-13-26)17-23(32)29-24-28-21-9-8-19(27)16-22(21)35-24/h3-9,16H,10-15,17-18H2,1-2H3,(H,28,29,32). The molecule has 1 amide bonds. The zero-order valence-electron chi connectivity index (χ0n) is 20.5. The van der Waals surface area contributed by atoms with Crippen LogP contribution in [0.5, 0.6) is 0 Å². The molecule has 2 aliphatic rings. The van der Waals surface area contributed by atoms with E-state index in [9.17, 15) is 13.2 Å². The van der Waals surface area contributed by atoms with E-state index in [0.717, 1.165) is 49.0 Å². The average Bonchev–Trinajstić information content (AvgIpc) is 3.24. The summed E-state index contributed by atoms with van der Waals surface area (Å²) in [6.45, 7) is 6.40. The number of sulfonamides is 1. The van der Waals surface area contributed by atoms with Crippen LogP contribution in [0.3, 0.4) is 0 Å². The molecule has 36 heavy (non-hydrogen) atoms. The van der Waals surface area contributed by atoms with Crippen molar-refractivity contribution in [3.63, 3.8) is 0 Å². The van der Waals surface area contributed by atoms with Gasteiger partial charge < -0.3 is 5.32 Å². The number of rotatable bonds is 5. The molecule has 5 rings (SSSR count). The predicted octanol–water partition coefficient (Wildman–Crippen LogP) is 5.23. The fourth-order valence-electron chi connectivity index (χ4n) is 5.33. The van der Waals surface area contributed by atoms with Crippen LogP contribution in [0.25, 0.3) is 10.2 Å². The number of thiazole rings is 1. The normalized spacial score (nSPS) is 20.5. The summed E-state index contributed by atoms with van der Waals surface area (Å²) in [5.74, 6) is -0.0887. The van der Waals surface area contributed by atoms with Gasteiger partial charge >= 0.3 is 0 Å². The number of anilines is 1. The molecule has 192 valence electrons. The molecule has 0 radical (unpaired) electrons. The van der Waals surface area contributed by atoms with E-state index in [1.54, 1.807) is 34.6 Å². The number of piperidine rings is 2. The van der Waals surface area contributed by atoms with Gasteiger partial charge in [0.15, 0.2) is 5.13 Å². The number of amides is 1. The number of fused-ring (bicyclic) bond motifs is 1. The molecule has 0 unspecified atom stereocenters. The summed E-state index contributed by atoms with van der Waals surface area (Å²) >= 11 is 7.46. The van der Waals surface area contributed by atoms with Gasteiger partial charge in [0, 0.05) is 17.1 Å². The van der Waals surface area contributed by atoms with Gasteiger partial charge in [-0.3, -0.25) is 9.69 Å². The Morgan fingerprint density at radius 2 is 1.81 bits per heavy atom. The van der Waals surface area contributed by atoms with Crippen molar-refractivity contribution >= 4 is 54.2 Å². The SMILES string of the molecule is CC1(C)CCC2(CCN(CC(=O)Nc3nc4ccc(Cl)cc4s3)CC2)CN1S(=O)(=O)c1ccccc1. The van der Waals surface area contributed by atoms with Crippen molar-refractivity contribution in [2.24, 2.45) is 5.41 Å². The van der Waals surface area contributed by atoms with Gasteiger partial charge in [-0.15, -0.1) is 0 Å². The van der Waals surface area contributed by atoms with Gasteiger partial charge in [0.05, 0.1) is 21.7 Å². The van der Waals surface area contributed by atoms with Crippen molar-refractivity contribution in [3.8, 4) is 0 Å². The van der Waals surface area contributed by atoms with Gasteiger partial charge in [0.25, 0.3) is 0 Å². The third kappa shape index (κ3) is 5.17. The Labute approximate surface area is 221 Å². The van der Waals surface area contributed by atoms with Crippen LogP contribution in [0.2, 0.25) is 5.02 Å². The second kappa shape index (κ2) is 9.68. The molecule has 2 aliphatic heterocycles. The van der Waals surface area contributed by atoms with Gasteiger partial charge in [-0.25, -0.2) is 13.4 Å². The second-order valence-corrected chi connectivity index (χ2v) is 13.9. The topological polar surface area (TPSA) is 82.6 Å². The molecule has 1 spiro atoms. The van der Waals surface area contributed by atoms with Crippen molar-refractivity contribution in [2.45, 2.75) is 50.0 Å². The molecule has 0 aliphatic carbocycles. The molecule has 0 saturated carbocycles. The van der Waals surface area contributed by atoms with Crippen LogP contribution in [-0.2, 0) is 14.8 Å². The first kappa shape index (κ1) is 25.6. The van der Waals surface area contributed by atoms with Crippen molar-refractivity contribution in [1.82, 2.24) is 14.2 Å². The maximum Gasteiger partial charge on any atom is 0.243 e. The molecule has 1 N–H and O–H groups in total. The average molecular weight is 547 g/mol. The Bertz CT molecular complexity index is 1370. The molecule has 3 aromatic rings. The minimum atomic E-state index is -3.58. The zero-order valence-corrected chi connectivity index (χ0v) is 22.9. The lowest BCUT2D eigenvalue weighted by atomic mass is 9.69. The molecule has 2 aromatic carbocycles. The third-order valence-electron chi connectivity index (χ3n) is 7.63. The molecule has 7 nitrogen and oxygen atoms in total. The van der Waals surface area contributed by atoms with Crippen molar-refractivity contribution in [1.29, 1.82) is 0 Å². The number of halogens is 1. The number of nitrogens with zero attached hydrogens (tertiary/aromatic N) is 3. The van der Waals surface area contributed by atoms with E-state index in [-0.39, 0.29) is 11.3 Å². The van der Waals surface area contributed by atoms with E-state index in [4.69, 9.17) is 11.6 Å². The van der Waals surface area contributed by atoms with Crippen molar-refractivity contribution in [2.75, 3.05) is 31.5 Å². The molecular weight excluding hydrogens is 516 g/mol. The lowest BCUT2D eigenvalue weighted by molar-refractivity contribution is -0.118. The van der Waals surface area contributed by atoms with Gasteiger partial charge in [0.2, 0.25) is 15.9 Å². The first-order chi connectivity index (χ1) is 17.1. The number of aromatic nitrogens is 1. The monoisotopic (exact) mass is 546 g/mol. The van der Waals surface area contributed by atoms with Crippen LogP contribution >= 0.6 is 22.9 Å². The third-order valence-corrected chi connectivity index (χ3v) is 10.9. The highest BCUT2D eigenvalue weighted by atomic mass is 35.5. The van der Waals surface area contributed by atoms with Gasteiger partial charge in [-0.1, -0.05) is 41.1 Å².